The fourth-order valence-electron chi connectivity index (χ4n) is 3.51. The van der Waals surface area contributed by atoms with Gasteiger partial charge in [-0.05, 0) is 56.0 Å². The molecule has 0 atom stereocenters. The van der Waals surface area contributed by atoms with Crippen molar-refractivity contribution in [3.63, 3.8) is 0 Å². The summed E-state index contributed by atoms with van der Waals surface area (Å²) >= 11 is 4.81. The van der Waals surface area contributed by atoms with Crippen LogP contribution in [0.5, 0.6) is 0 Å². The maximum atomic E-state index is 13.0. The fraction of sp³-hybridized carbons (Fsp3) is 0.333. The van der Waals surface area contributed by atoms with Gasteiger partial charge in [-0.25, -0.2) is 15.0 Å². The van der Waals surface area contributed by atoms with Crippen LogP contribution in [0.3, 0.4) is 0 Å². The lowest BCUT2D eigenvalue weighted by atomic mass is 10.2. The molecule has 4 heterocycles. The smallest absolute Gasteiger partial charge is 0.262 e. The number of nitrogens with zero attached hydrogens (tertiary/aromatic N) is 4. The normalized spacial score (nSPS) is 13.8. The third kappa shape index (κ3) is 2.28. The first kappa shape index (κ1) is 16.4. The summed E-state index contributed by atoms with van der Waals surface area (Å²) in [5.74, 6) is 0. The molecule has 0 radical (unpaired) electrons. The van der Waals surface area contributed by atoms with E-state index in [9.17, 15) is 4.79 Å². The molecule has 0 aliphatic heterocycles. The van der Waals surface area contributed by atoms with Crippen molar-refractivity contribution in [1.82, 2.24) is 19.5 Å². The molecule has 26 heavy (non-hydrogen) atoms. The molecule has 0 amide bonds. The number of hydrogen-bond donors (Lipinski definition) is 0. The van der Waals surface area contributed by atoms with Crippen LogP contribution in [-0.4, -0.2) is 19.5 Å². The summed E-state index contributed by atoms with van der Waals surface area (Å²) < 4.78 is 1.67. The first-order valence-electron chi connectivity index (χ1n) is 8.44. The van der Waals surface area contributed by atoms with Crippen LogP contribution >= 0.6 is 34.4 Å². The van der Waals surface area contributed by atoms with Gasteiger partial charge in [-0.2, -0.15) is 0 Å². The Kier molecular flexibility index (Phi) is 3.70. The molecule has 0 bridgehead atoms. The standard InChI is InChI=1S/C18H16N4OS3/c1-8-9(2)24-14-12(8)15(20-7-19-14)26-18-21-16-13(17(23)22(18)3)10-5-4-6-11(10)25-16/h7H,4-6H2,1-3H3. The van der Waals surface area contributed by atoms with E-state index in [1.807, 2.05) is 0 Å². The van der Waals surface area contributed by atoms with Gasteiger partial charge in [0, 0.05) is 22.2 Å². The van der Waals surface area contributed by atoms with Crippen LogP contribution in [0.2, 0.25) is 0 Å². The molecule has 0 unspecified atom stereocenters. The summed E-state index contributed by atoms with van der Waals surface area (Å²) in [6, 6.07) is 0. The van der Waals surface area contributed by atoms with Crippen LogP contribution in [-0.2, 0) is 19.9 Å². The lowest BCUT2D eigenvalue weighted by Gasteiger charge is -2.08. The summed E-state index contributed by atoms with van der Waals surface area (Å²) in [6.07, 6.45) is 4.81. The van der Waals surface area contributed by atoms with E-state index in [0.717, 1.165) is 44.7 Å². The molecule has 8 heteroatoms. The number of aromatic nitrogens is 4. The molecule has 1 aliphatic rings. The van der Waals surface area contributed by atoms with E-state index >= 15 is 0 Å². The molecule has 0 aromatic carbocycles. The molecule has 132 valence electrons. The predicted octanol–water partition coefficient (Wildman–Crippen LogP) is 4.26. The minimum Gasteiger partial charge on any atom is -0.290 e. The highest BCUT2D eigenvalue weighted by Gasteiger charge is 2.23. The van der Waals surface area contributed by atoms with E-state index in [4.69, 9.17) is 4.98 Å². The van der Waals surface area contributed by atoms with Crippen LogP contribution in [0.1, 0.15) is 27.3 Å². The first-order chi connectivity index (χ1) is 12.5. The van der Waals surface area contributed by atoms with Gasteiger partial charge in [-0.1, -0.05) is 0 Å². The van der Waals surface area contributed by atoms with Gasteiger partial charge < -0.3 is 0 Å². The number of fused-ring (bicyclic) bond motifs is 4. The molecular weight excluding hydrogens is 384 g/mol. The molecule has 1 aliphatic carbocycles. The zero-order valence-electron chi connectivity index (χ0n) is 14.6. The van der Waals surface area contributed by atoms with E-state index in [1.165, 1.54) is 32.6 Å². The SMILES string of the molecule is Cc1sc2ncnc(Sc3nc4sc5c(c4c(=O)n3C)CCC5)c2c1C. The Morgan fingerprint density at radius 1 is 1.12 bits per heavy atom. The average Bonchev–Trinajstić information content (AvgIpc) is 3.27. The van der Waals surface area contributed by atoms with Crippen LogP contribution in [0.15, 0.2) is 21.3 Å². The molecule has 5 nitrogen and oxygen atoms in total. The monoisotopic (exact) mass is 400 g/mol. The van der Waals surface area contributed by atoms with E-state index in [0.29, 0.717) is 5.16 Å². The first-order valence-corrected chi connectivity index (χ1v) is 10.9. The number of rotatable bonds is 2. The molecule has 5 rings (SSSR count). The molecule has 0 saturated heterocycles. The summed E-state index contributed by atoms with van der Waals surface area (Å²) in [5.41, 5.74) is 2.48. The van der Waals surface area contributed by atoms with Crippen molar-refractivity contribution in [2.24, 2.45) is 7.05 Å². The fourth-order valence-corrected chi connectivity index (χ4v) is 6.86. The van der Waals surface area contributed by atoms with Crippen molar-refractivity contribution < 1.29 is 0 Å². The van der Waals surface area contributed by atoms with Gasteiger partial charge in [0.15, 0.2) is 5.16 Å². The Morgan fingerprint density at radius 3 is 2.81 bits per heavy atom. The Labute approximate surface area is 162 Å². The Morgan fingerprint density at radius 2 is 1.96 bits per heavy atom. The van der Waals surface area contributed by atoms with E-state index in [1.54, 1.807) is 40.6 Å². The van der Waals surface area contributed by atoms with Crippen molar-refractivity contribution >= 4 is 54.9 Å². The van der Waals surface area contributed by atoms with Crippen molar-refractivity contribution in [3.05, 3.63) is 37.6 Å². The van der Waals surface area contributed by atoms with Gasteiger partial charge in [0.1, 0.15) is 21.0 Å². The van der Waals surface area contributed by atoms with Gasteiger partial charge in [-0.3, -0.25) is 9.36 Å². The van der Waals surface area contributed by atoms with E-state index < -0.39 is 0 Å². The second kappa shape index (κ2) is 5.87. The van der Waals surface area contributed by atoms with Crippen LogP contribution < -0.4 is 5.56 Å². The Bertz CT molecular complexity index is 1250. The third-order valence-electron chi connectivity index (χ3n) is 5.02. The summed E-state index contributed by atoms with van der Waals surface area (Å²) in [4.78, 5) is 31.1. The molecule has 4 aromatic rings. The van der Waals surface area contributed by atoms with Gasteiger partial charge in [-0.15, -0.1) is 22.7 Å². The summed E-state index contributed by atoms with van der Waals surface area (Å²) in [5, 5.41) is 3.45. The Hall–Kier alpha value is -1.77. The maximum absolute atomic E-state index is 13.0. The topological polar surface area (TPSA) is 60.7 Å². The van der Waals surface area contributed by atoms with Crippen LogP contribution in [0.4, 0.5) is 0 Å². The molecule has 0 fully saturated rings. The van der Waals surface area contributed by atoms with Gasteiger partial charge in [0.25, 0.3) is 5.56 Å². The number of thiophene rings is 2. The summed E-state index contributed by atoms with van der Waals surface area (Å²) in [6.45, 7) is 4.20. The Balaban J connectivity index is 1.69. The quantitative estimate of drug-likeness (QED) is 0.372. The zero-order chi connectivity index (χ0) is 18.0. The molecule has 0 saturated carbocycles. The van der Waals surface area contributed by atoms with Gasteiger partial charge in [0.05, 0.1) is 5.39 Å². The largest absolute Gasteiger partial charge is 0.290 e. The lowest BCUT2D eigenvalue weighted by Crippen LogP contribution is -2.20. The molecular formula is C18H16N4OS3. The minimum atomic E-state index is 0.0559. The van der Waals surface area contributed by atoms with E-state index in [-0.39, 0.29) is 5.56 Å². The number of hydrogen-bond acceptors (Lipinski definition) is 7. The van der Waals surface area contributed by atoms with Crippen LogP contribution in [0.25, 0.3) is 20.4 Å². The highest BCUT2D eigenvalue weighted by atomic mass is 32.2. The highest BCUT2D eigenvalue weighted by molar-refractivity contribution is 7.99. The molecule has 0 spiro atoms. The number of aryl methyl sites for hydroxylation is 4. The van der Waals surface area contributed by atoms with Gasteiger partial charge in [0.2, 0.25) is 0 Å². The summed E-state index contributed by atoms with van der Waals surface area (Å²) in [7, 11) is 1.81. The molecule has 4 aromatic heterocycles. The van der Waals surface area contributed by atoms with Crippen molar-refractivity contribution in [1.29, 1.82) is 0 Å². The minimum absolute atomic E-state index is 0.0559. The predicted molar refractivity (Wildman–Crippen MR) is 108 cm³/mol. The van der Waals surface area contributed by atoms with Crippen LogP contribution in [0, 0.1) is 13.8 Å². The maximum Gasteiger partial charge on any atom is 0.262 e. The lowest BCUT2D eigenvalue weighted by molar-refractivity contribution is 0.726. The second-order valence-electron chi connectivity index (χ2n) is 6.54. The van der Waals surface area contributed by atoms with Crippen molar-refractivity contribution in [2.45, 2.75) is 43.3 Å². The molecule has 0 N–H and O–H groups in total. The average molecular weight is 401 g/mol. The zero-order valence-corrected chi connectivity index (χ0v) is 17.1. The van der Waals surface area contributed by atoms with Crippen molar-refractivity contribution in [2.75, 3.05) is 0 Å². The second-order valence-corrected chi connectivity index (χ2v) is 9.78. The highest BCUT2D eigenvalue weighted by Crippen LogP contribution is 2.39. The van der Waals surface area contributed by atoms with E-state index in [2.05, 4.69) is 23.8 Å². The van der Waals surface area contributed by atoms with Gasteiger partial charge >= 0.3 is 0 Å². The third-order valence-corrected chi connectivity index (χ3v) is 8.38. The van der Waals surface area contributed by atoms with Crippen molar-refractivity contribution in [3.8, 4) is 0 Å².